The predicted molar refractivity (Wildman–Crippen MR) is 123 cm³/mol. The molecular weight excluding hydrogens is 412 g/mol. The average Bonchev–Trinajstić information content (AvgIpc) is 3.35. The van der Waals surface area contributed by atoms with Gasteiger partial charge in [-0.25, -0.2) is 4.68 Å². The zero-order chi connectivity index (χ0) is 22.6. The van der Waals surface area contributed by atoms with Crippen molar-refractivity contribution in [1.29, 1.82) is 0 Å². The summed E-state index contributed by atoms with van der Waals surface area (Å²) in [6, 6.07) is 11.7. The number of rotatable bonds is 8. The molecule has 0 spiro atoms. The van der Waals surface area contributed by atoms with Crippen molar-refractivity contribution < 1.29 is 9.21 Å². The number of anilines is 1. The Kier molecular flexibility index (Phi) is 7.17. The van der Waals surface area contributed by atoms with Gasteiger partial charge in [0, 0.05) is 11.5 Å². The lowest BCUT2D eigenvalue weighted by Crippen LogP contribution is -2.19. The summed E-state index contributed by atoms with van der Waals surface area (Å²) in [5, 5.41) is 16.3. The number of hydrogen-bond donors (Lipinski definition) is 1. The third-order valence-corrected chi connectivity index (χ3v) is 5.61. The number of carbonyl (C=O) groups excluding carboxylic acids is 1. The van der Waals surface area contributed by atoms with Gasteiger partial charge in [0.05, 0.1) is 23.2 Å². The molecule has 1 N–H and O–H groups in total. The van der Waals surface area contributed by atoms with Crippen LogP contribution in [-0.4, -0.2) is 50.6 Å². The number of hydrogen-bond acceptors (Lipinski definition) is 7. The van der Waals surface area contributed by atoms with Crippen molar-refractivity contribution in [2.75, 3.05) is 25.2 Å². The first-order valence-corrected chi connectivity index (χ1v) is 11.3. The molecule has 0 aliphatic carbocycles. The van der Waals surface area contributed by atoms with Crippen molar-refractivity contribution in [2.24, 2.45) is 0 Å². The number of thioether (sulfide) groups is 1. The number of nitrogens with zero attached hydrogens (tertiary/aromatic N) is 5. The van der Waals surface area contributed by atoms with Gasteiger partial charge in [-0.3, -0.25) is 9.69 Å². The van der Waals surface area contributed by atoms with Crippen LogP contribution in [-0.2, 0) is 10.2 Å². The molecule has 0 unspecified atom stereocenters. The first kappa shape index (κ1) is 23.0. The average molecular weight is 443 g/mol. The normalized spacial score (nSPS) is 12.9. The number of amides is 1. The molecule has 9 heteroatoms. The Bertz CT molecular complexity index is 1010. The van der Waals surface area contributed by atoms with Crippen molar-refractivity contribution in [1.82, 2.24) is 24.9 Å². The zero-order valence-corrected chi connectivity index (χ0v) is 19.7. The Balaban J connectivity index is 1.71. The van der Waals surface area contributed by atoms with Crippen LogP contribution in [0.15, 0.2) is 46.0 Å². The summed E-state index contributed by atoms with van der Waals surface area (Å²) in [6.45, 7) is 8.35. The third-order valence-electron chi connectivity index (χ3n) is 4.79. The molecule has 0 saturated carbocycles. The molecule has 166 valence electrons. The number of nitrogens with one attached hydrogen (secondary N) is 1. The van der Waals surface area contributed by atoms with Crippen molar-refractivity contribution in [3.05, 3.63) is 48.0 Å². The standard InChI is InChI=1S/C22H30N6O2S/c1-7-16(27(5)6)20-24-25-21(30-20)31-14-19(29)23-18-13-17(22(2,3)4)26-28(18)15-11-9-8-10-12-15/h8-13,16H,7,14H2,1-6H3,(H,23,29)/t16-/m1/s1. The van der Waals surface area contributed by atoms with Crippen molar-refractivity contribution in [2.45, 2.75) is 50.8 Å². The molecular formula is C22H30N6O2S. The largest absolute Gasteiger partial charge is 0.414 e. The molecule has 2 aromatic heterocycles. The first-order chi connectivity index (χ1) is 14.7. The highest BCUT2D eigenvalue weighted by Gasteiger charge is 2.22. The Morgan fingerprint density at radius 1 is 1.23 bits per heavy atom. The van der Waals surface area contributed by atoms with E-state index in [1.807, 2.05) is 55.4 Å². The highest BCUT2D eigenvalue weighted by molar-refractivity contribution is 7.99. The van der Waals surface area contributed by atoms with Gasteiger partial charge in [0.25, 0.3) is 5.22 Å². The SMILES string of the molecule is CC[C@H](c1nnc(SCC(=O)Nc2cc(C(C)(C)C)nn2-c2ccccc2)o1)N(C)C. The molecule has 1 aromatic carbocycles. The monoisotopic (exact) mass is 442 g/mol. The van der Waals surface area contributed by atoms with Crippen molar-refractivity contribution >= 4 is 23.5 Å². The van der Waals surface area contributed by atoms with Gasteiger partial charge in [-0.2, -0.15) is 5.10 Å². The lowest BCUT2D eigenvalue weighted by Gasteiger charge is -2.18. The van der Waals surface area contributed by atoms with E-state index in [0.717, 1.165) is 17.8 Å². The van der Waals surface area contributed by atoms with Crippen LogP contribution in [0.4, 0.5) is 5.82 Å². The van der Waals surface area contributed by atoms with Gasteiger partial charge >= 0.3 is 0 Å². The minimum absolute atomic E-state index is 0.0618. The van der Waals surface area contributed by atoms with Crippen LogP contribution in [0.5, 0.6) is 0 Å². The summed E-state index contributed by atoms with van der Waals surface area (Å²) in [5.74, 6) is 1.19. The van der Waals surface area contributed by atoms with E-state index >= 15 is 0 Å². The summed E-state index contributed by atoms with van der Waals surface area (Å²) in [7, 11) is 3.95. The minimum atomic E-state index is -0.165. The lowest BCUT2D eigenvalue weighted by atomic mass is 9.92. The van der Waals surface area contributed by atoms with Crippen LogP contribution >= 0.6 is 11.8 Å². The molecule has 3 rings (SSSR count). The predicted octanol–water partition coefficient (Wildman–Crippen LogP) is 4.30. The van der Waals surface area contributed by atoms with E-state index in [1.165, 1.54) is 11.8 Å². The molecule has 1 atom stereocenters. The molecule has 0 fully saturated rings. The Hall–Kier alpha value is -2.65. The molecule has 0 aliphatic heterocycles. The third kappa shape index (κ3) is 5.74. The van der Waals surface area contributed by atoms with E-state index in [9.17, 15) is 4.79 Å². The molecule has 8 nitrogen and oxygen atoms in total. The molecule has 31 heavy (non-hydrogen) atoms. The molecule has 0 aliphatic rings. The van der Waals surface area contributed by atoms with E-state index < -0.39 is 0 Å². The Morgan fingerprint density at radius 3 is 2.55 bits per heavy atom. The maximum Gasteiger partial charge on any atom is 0.277 e. The van der Waals surface area contributed by atoms with Gasteiger partial charge < -0.3 is 9.73 Å². The van der Waals surface area contributed by atoms with Crippen LogP contribution in [0, 0.1) is 0 Å². The fourth-order valence-electron chi connectivity index (χ4n) is 3.08. The number of aromatic nitrogens is 4. The summed E-state index contributed by atoms with van der Waals surface area (Å²) in [4.78, 5) is 14.7. The zero-order valence-electron chi connectivity index (χ0n) is 18.9. The number of benzene rings is 1. The van der Waals surface area contributed by atoms with E-state index in [4.69, 9.17) is 9.52 Å². The molecule has 0 saturated heterocycles. The highest BCUT2D eigenvalue weighted by Crippen LogP contribution is 2.27. The van der Waals surface area contributed by atoms with E-state index in [0.29, 0.717) is 16.9 Å². The number of para-hydroxylation sites is 1. The molecule has 1 amide bonds. The van der Waals surface area contributed by atoms with Crippen molar-refractivity contribution in [3.8, 4) is 5.69 Å². The Morgan fingerprint density at radius 2 is 1.94 bits per heavy atom. The van der Waals surface area contributed by atoms with Gasteiger partial charge in [-0.15, -0.1) is 10.2 Å². The van der Waals surface area contributed by atoms with Gasteiger partial charge in [0.1, 0.15) is 5.82 Å². The number of carbonyl (C=O) groups is 1. The molecule has 3 aromatic rings. The van der Waals surface area contributed by atoms with Gasteiger partial charge in [0.15, 0.2) is 0 Å². The van der Waals surface area contributed by atoms with Crippen LogP contribution < -0.4 is 5.32 Å². The lowest BCUT2D eigenvalue weighted by molar-refractivity contribution is -0.113. The molecule has 2 heterocycles. The summed E-state index contributed by atoms with van der Waals surface area (Å²) < 4.78 is 7.50. The van der Waals surface area contributed by atoms with Gasteiger partial charge in [-0.05, 0) is 32.6 Å². The van der Waals surface area contributed by atoms with E-state index in [-0.39, 0.29) is 23.1 Å². The van der Waals surface area contributed by atoms with Gasteiger partial charge in [-0.1, -0.05) is 57.7 Å². The maximum absolute atomic E-state index is 12.7. The summed E-state index contributed by atoms with van der Waals surface area (Å²) in [6.07, 6.45) is 0.860. The topological polar surface area (TPSA) is 89.1 Å². The molecule has 0 radical (unpaired) electrons. The quantitative estimate of drug-likeness (QED) is 0.520. The van der Waals surface area contributed by atoms with Crippen LogP contribution in [0.2, 0.25) is 0 Å². The summed E-state index contributed by atoms with van der Waals surface area (Å²) in [5.41, 5.74) is 1.64. The van der Waals surface area contributed by atoms with Crippen molar-refractivity contribution in [3.63, 3.8) is 0 Å². The van der Waals surface area contributed by atoms with E-state index in [2.05, 4.69) is 43.2 Å². The second-order valence-corrected chi connectivity index (χ2v) is 9.47. The first-order valence-electron chi connectivity index (χ1n) is 10.3. The highest BCUT2D eigenvalue weighted by atomic mass is 32.2. The fraction of sp³-hybridized carbons (Fsp3) is 0.455. The second kappa shape index (κ2) is 9.65. The second-order valence-electron chi connectivity index (χ2n) is 8.54. The minimum Gasteiger partial charge on any atom is -0.414 e. The van der Waals surface area contributed by atoms with Gasteiger partial charge in [0.2, 0.25) is 11.8 Å². The maximum atomic E-state index is 12.7. The summed E-state index contributed by atoms with van der Waals surface area (Å²) >= 11 is 1.22. The Labute approximate surface area is 187 Å². The van der Waals surface area contributed by atoms with Crippen LogP contribution in [0.25, 0.3) is 5.69 Å². The molecule has 0 bridgehead atoms. The fourth-order valence-corrected chi connectivity index (χ4v) is 3.65. The smallest absolute Gasteiger partial charge is 0.277 e. The van der Waals surface area contributed by atoms with Crippen LogP contribution in [0.1, 0.15) is 51.7 Å². The van der Waals surface area contributed by atoms with Crippen LogP contribution in [0.3, 0.4) is 0 Å². The van der Waals surface area contributed by atoms with E-state index in [1.54, 1.807) is 4.68 Å².